The van der Waals surface area contributed by atoms with E-state index in [1.807, 2.05) is 24.0 Å². The van der Waals surface area contributed by atoms with E-state index < -0.39 is 0 Å². The lowest BCUT2D eigenvalue weighted by atomic mass is 9.86. The van der Waals surface area contributed by atoms with Crippen LogP contribution in [-0.4, -0.2) is 35.0 Å². The Morgan fingerprint density at radius 3 is 2.48 bits per heavy atom. The second-order valence-electron chi connectivity index (χ2n) is 7.98. The third-order valence-electron chi connectivity index (χ3n) is 5.89. The van der Waals surface area contributed by atoms with Crippen molar-refractivity contribution < 1.29 is 9.53 Å². The highest BCUT2D eigenvalue weighted by molar-refractivity contribution is 6.42. The van der Waals surface area contributed by atoms with E-state index in [4.69, 9.17) is 44.8 Å². The molecule has 0 spiro atoms. The summed E-state index contributed by atoms with van der Waals surface area (Å²) in [7, 11) is 0. The number of benzene rings is 2. The van der Waals surface area contributed by atoms with E-state index in [9.17, 15) is 4.79 Å². The number of nitriles is 1. The lowest BCUT2D eigenvalue weighted by Gasteiger charge is -2.25. The summed E-state index contributed by atoms with van der Waals surface area (Å²) < 4.78 is 6.12. The average Bonchev–Trinajstić information content (AvgIpc) is 3.27. The lowest BCUT2D eigenvalue weighted by molar-refractivity contribution is 0.0769. The molecule has 1 aliphatic rings. The van der Waals surface area contributed by atoms with Gasteiger partial charge in [0, 0.05) is 42.8 Å². The van der Waals surface area contributed by atoms with E-state index in [2.05, 4.69) is 11.1 Å². The van der Waals surface area contributed by atoms with Crippen LogP contribution in [0.15, 0.2) is 60.8 Å². The van der Waals surface area contributed by atoms with Crippen LogP contribution >= 0.6 is 34.8 Å². The molecule has 1 aliphatic heterocycles. The van der Waals surface area contributed by atoms with Crippen molar-refractivity contribution in [2.75, 3.05) is 13.1 Å². The monoisotopic (exact) mass is 499 g/mol. The first-order valence-electron chi connectivity index (χ1n) is 10.4. The number of likely N-dealkylation sites (tertiary alicyclic amines) is 1. The highest BCUT2D eigenvalue weighted by Gasteiger charge is 2.40. The van der Waals surface area contributed by atoms with E-state index in [1.54, 1.807) is 42.5 Å². The van der Waals surface area contributed by atoms with Crippen molar-refractivity contribution in [2.45, 2.75) is 18.9 Å². The molecule has 3 aromatic rings. The van der Waals surface area contributed by atoms with Crippen molar-refractivity contribution in [1.29, 1.82) is 5.26 Å². The fraction of sp³-hybridized carbons (Fsp3) is 0.240. The fourth-order valence-corrected chi connectivity index (χ4v) is 4.56. The Hall–Kier alpha value is -2.78. The van der Waals surface area contributed by atoms with Crippen molar-refractivity contribution in [3.63, 3.8) is 0 Å². The fourth-order valence-electron chi connectivity index (χ4n) is 4.15. The highest BCUT2D eigenvalue weighted by atomic mass is 35.5. The Morgan fingerprint density at radius 2 is 1.85 bits per heavy atom. The highest BCUT2D eigenvalue weighted by Crippen LogP contribution is 2.38. The van der Waals surface area contributed by atoms with Gasteiger partial charge in [0.15, 0.2) is 0 Å². The summed E-state index contributed by atoms with van der Waals surface area (Å²) in [4.78, 5) is 19.3. The molecule has 4 rings (SSSR count). The van der Waals surface area contributed by atoms with Crippen molar-refractivity contribution >= 4 is 40.7 Å². The van der Waals surface area contributed by atoms with Gasteiger partial charge in [-0.2, -0.15) is 5.26 Å². The van der Waals surface area contributed by atoms with Gasteiger partial charge in [0.2, 0.25) is 5.88 Å². The minimum atomic E-state index is -0.239. The molecule has 3 unspecified atom stereocenters. The summed E-state index contributed by atoms with van der Waals surface area (Å²) in [5, 5.41) is 10.5. The molecule has 0 aliphatic carbocycles. The lowest BCUT2D eigenvalue weighted by Crippen LogP contribution is -2.32. The van der Waals surface area contributed by atoms with Gasteiger partial charge in [-0.15, -0.1) is 0 Å². The molecule has 33 heavy (non-hydrogen) atoms. The number of rotatable bonds is 5. The molecular weight excluding hydrogens is 481 g/mol. The van der Waals surface area contributed by atoms with Gasteiger partial charge in [0.1, 0.15) is 6.10 Å². The van der Waals surface area contributed by atoms with Gasteiger partial charge >= 0.3 is 0 Å². The molecule has 1 fully saturated rings. The third-order valence-corrected chi connectivity index (χ3v) is 6.86. The van der Waals surface area contributed by atoms with Crippen LogP contribution in [0.5, 0.6) is 5.88 Å². The van der Waals surface area contributed by atoms with Gasteiger partial charge in [-0.05, 0) is 55.0 Å². The maximum atomic E-state index is 13.2. The van der Waals surface area contributed by atoms with Crippen LogP contribution in [0.25, 0.3) is 0 Å². The van der Waals surface area contributed by atoms with Gasteiger partial charge in [-0.25, -0.2) is 4.98 Å². The largest absolute Gasteiger partial charge is 0.474 e. The Labute approximate surface area is 207 Å². The smallest absolute Gasteiger partial charge is 0.253 e. The van der Waals surface area contributed by atoms with Crippen LogP contribution < -0.4 is 4.74 Å². The molecule has 8 heteroatoms. The molecule has 1 saturated heterocycles. The van der Waals surface area contributed by atoms with Crippen LogP contribution in [-0.2, 0) is 0 Å². The first-order chi connectivity index (χ1) is 15.9. The quantitative estimate of drug-likeness (QED) is 0.416. The number of hydrogen-bond donors (Lipinski definition) is 0. The number of ether oxygens (including phenoxy) is 1. The van der Waals surface area contributed by atoms with Crippen LogP contribution in [0.3, 0.4) is 0 Å². The van der Waals surface area contributed by atoms with Gasteiger partial charge in [-0.3, -0.25) is 4.79 Å². The molecular formula is C25H20Cl3N3O2. The van der Waals surface area contributed by atoms with Crippen LogP contribution in [0.1, 0.15) is 34.3 Å². The van der Waals surface area contributed by atoms with Gasteiger partial charge in [0.05, 0.1) is 26.7 Å². The minimum absolute atomic E-state index is 0.00982. The van der Waals surface area contributed by atoms with E-state index >= 15 is 0 Å². The average molecular weight is 501 g/mol. The van der Waals surface area contributed by atoms with Crippen LogP contribution in [0, 0.1) is 17.2 Å². The van der Waals surface area contributed by atoms with Gasteiger partial charge in [-0.1, -0.05) is 40.9 Å². The molecule has 2 aromatic carbocycles. The maximum absolute atomic E-state index is 13.2. The minimum Gasteiger partial charge on any atom is -0.474 e. The molecule has 1 aromatic heterocycles. The summed E-state index contributed by atoms with van der Waals surface area (Å²) >= 11 is 18.4. The number of carbonyl (C=O) groups excluding carboxylic acids is 1. The van der Waals surface area contributed by atoms with Crippen molar-refractivity contribution in [3.05, 3.63) is 92.6 Å². The zero-order valence-electron chi connectivity index (χ0n) is 17.7. The molecule has 0 saturated carbocycles. The number of nitrogens with zero attached hydrogens (tertiary/aromatic N) is 3. The maximum Gasteiger partial charge on any atom is 0.253 e. The third kappa shape index (κ3) is 5.25. The first kappa shape index (κ1) is 23.4. The molecule has 3 atom stereocenters. The summed E-state index contributed by atoms with van der Waals surface area (Å²) in [6, 6.07) is 17.7. The summed E-state index contributed by atoms with van der Waals surface area (Å²) in [5.74, 6) is 0.354. The number of carbonyl (C=O) groups is 1. The second-order valence-corrected chi connectivity index (χ2v) is 9.23. The SMILES string of the molecule is CC(Oc1ccc(Cl)cn1)C1CN(C(=O)c2ccc(C#N)cc2)CC1c1ccc(Cl)c(Cl)c1. The Bertz CT molecular complexity index is 1190. The van der Waals surface area contributed by atoms with E-state index in [1.165, 1.54) is 6.20 Å². The number of hydrogen-bond acceptors (Lipinski definition) is 4. The summed E-state index contributed by atoms with van der Waals surface area (Å²) in [5.41, 5.74) is 2.04. The summed E-state index contributed by atoms with van der Waals surface area (Å²) in [6.07, 6.45) is 1.30. The van der Waals surface area contributed by atoms with Crippen molar-refractivity contribution in [1.82, 2.24) is 9.88 Å². The molecule has 1 amide bonds. The molecule has 0 N–H and O–H groups in total. The first-order valence-corrected chi connectivity index (χ1v) is 11.5. The number of halogens is 3. The molecule has 5 nitrogen and oxygen atoms in total. The topological polar surface area (TPSA) is 66.2 Å². The number of pyridine rings is 1. The van der Waals surface area contributed by atoms with Crippen molar-refractivity contribution in [2.24, 2.45) is 5.92 Å². The number of aromatic nitrogens is 1. The Kier molecular flexibility index (Phi) is 7.09. The Balaban J connectivity index is 1.60. The molecule has 0 radical (unpaired) electrons. The molecule has 0 bridgehead atoms. The van der Waals surface area contributed by atoms with E-state index in [0.29, 0.717) is 45.2 Å². The van der Waals surface area contributed by atoms with Crippen molar-refractivity contribution in [3.8, 4) is 11.9 Å². The summed E-state index contributed by atoms with van der Waals surface area (Å²) in [6.45, 7) is 2.98. The predicted molar refractivity (Wildman–Crippen MR) is 129 cm³/mol. The number of amides is 1. The van der Waals surface area contributed by atoms with Crippen LogP contribution in [0.2, 0.25) is 15.1 Å². The molecule has 168 valence electrons. The zero-order chi connectivity index (χ0) is 23.5. The van der Waals surface area contributed by atoms with E-state index in [0.717, 1.165) is 5.56 Å². The van der Waals surface area contributed by atoms with E-state index in [-0.39, 0.29) is 23.8 Å². The Morgan fingerprint density at radius 1 is 1.09 bits per heavy atom. The van der Waals surface area contributed by atoms with Gasteiger partial charge in [0.25, 0.3) is 5.91 Å². The standard InChI is InChI=1S/C25H20Cl3N3O2/c1-15(33-24-9-7-19(26)12-30-24)20-13-31(25(32)17-4-2-16(11-29)3-5-17)14-21(20)18-6-8-22(27)23(28)10-18/h2-10,12,15,20-21H,13-14H2,1H3. The second kappa shape index (κ2) is 10.0. The predicted octanol–water partition coefficient (Wildman–Crippen LogP) is 6.24. The van der Waals surface area contributed by atoms with Crippen LogP contribution in [0.4, 0.5) is 0 Å². The normalized spacial score (nSPS) is 18.6. The molecule has 2 heterocycles. The van der Waals surface area contributed by atoms with Gasteiger partial charge < -0.3 is 9.64 Å². The zero-order valence-corrected chi connectivity index (χ0v) is 20.0.